The standard InChI is InChI=1S/C24H35N3O3/c1-19(28)27-16-7-15-26(24(30)13-12-20-8-5-6-9-20)17-14-25-23(29)18-22(27)21-10-3-2-4-11-21/h2-4,10-11,20,22H,5-9,12-18H2,1H3,(H,25,29). The van der Waals surface area contributed by atoms with Crippen LogP contribution >= 0.6 is 0 Å². The maximum Gasteiger partial charge on any atom is 0.222 e. The van der Waals surface area contributed by atoms with Crippen LogP contribution in [0.4, 0.5) is 0 Å². The van der Waals surface area contributed by atoms with Gasteiger partial charge in [-0.15, -0.1) is 0 Å². The van der Waals surface area contributed by atoms with Crippen LogP contribution in [0, 0.1) is 5.92 Å². The SMILES string of the molecule is CC(=O)N1CCCN(C(=O)CCC2CCCC2)CCNC(=O)CC1c1ccccc1. The quantitative estimate of drug-likeness (QED) is 0.824. The third-order valence-corrected chi connectivity index (χ3v) is 6.47. The van der Waals surface area contributed by atoms with E-state index < -0.39 is 0 Å². The fourth-order valence-electron chi connectivity index (χ4n) is 4.77. The number of nitrogens with zero attached hydrogens (tertiary/aromatic N) is 2. The van der Waals surface area contributed by atoms with Gasteiger partial charge in [0.25, 0.3) is 0 Å². The van der Waals surface area contributed by atoms with Crippen LogP contribution in [0.1, 0.15) is 69.9 Å². The van der Waals surface area contributed by atoms with Gasteiger partial charge in [0, 0.05) is 39.5 Å². The summed E-state index contributed by atoms with van der Waals surface area (Å²) in [4.78, 5) is 41.5. The highest BCUT2D eigenvalue weighted by atomic mass is 16.2. The maximum atomic E-state index is 12.8. The van der Waals surface area contributed by atoms with Gasteiger partial charge in [-0.3, -0.25) is 14.4 Å². The third kappa shape index (κ3) is 6.31. The first-order chi connectivity index (χ1) is 14.5. The van der Waals surface area contributed by atoms with Gasteiger partial charge in [0.15, 0.2) is 0 Å². The van der Waals surface area contributed by atoms with Crippen molar-refractivity contribution in [1.82, 2.24) is 15.1 Å². The first-order valence-electron chi connectivity index (χ1n) is 11.4. The van der Waals surface area contributed by atoms with E-state index in [1.165, 1.54) is 25.7 Å². The van der Waals surface area contributed by atoms with Crippen LogP contribution in [0.2, 0.25) is 0 Å². The van der Waals surface area contributed by atoms with E-state index in [1.54, 1.807) is 11.8 Å². The molecule has 1 unspecified atom stereocenters. The Balaban J connectivity index is 1.66. The number of amides is 3. The molecular weight excluding hydrogens is 378 g/mol. The van der Waals surface area contributed by atoms with Crippen LogP contribution < -0.4 is 5.32 Å². The summed E-state index contributed by atoms with van der Waals surface area (Å²) >= 11 is 0. The molecule has 1 atom stereocenters. The van der Waals surface area contributed by atoms with E-state index in [-0.39, 0.29) is 30.2 Å². The van der Waals surface area contributed by atoms with Gasteiger partial charge in [-0.1, -0.05) is 56.0 Å². The number of carbonyl (C=O) groups excluding carboxylic acids is 3. The largest absolute Gasteiger partial charge is 0.354 e. The Morgan fingerprint density at radius 2 is 1.77 bits per heavy atom. The van der Waals surface area contributed by atoms with Crippen LogP contribution in [0.15, 0.2) is 30.3 Å². The molecule has 1 aliphatic carbocycles. The van der Waals surface area contributed by atoms with Gasteiger partial charge in [-0.25, -0.2) is 0 Å². The van der Waals surface area contributed by atoms with Crippen molar-refractivity contribution in [2.45, 2.75) is 64.3 Å². The number of benzene rings is 1. The highest BCUT2D eigenvalue weighted by Crippen LogP contribution is 2.29. The minimum atomic E-state index is -0.284. The summed E-state index contributed by atoms with van der Waals surface area (Å²) in [5, 5.41) is 2.95. The maximum absolute atomic E-state index is 12.8. The normalized spacial score (nSPS) is 21.8. The van der Waals surface area contributed by atoms with Crippen molar-refractivity contribution in [3.63, 3.8) is 0 Å². The molecule has 0 bridgehead atoms. The molecule has 1 N–H and O–H groups in total. The zero-order valence-corrected chi connectivity index (χ0v) is 18.1. The lowest BCUT2D eigenvalue weighted by molar-refractivity contribution is -0.132. The summed E-state index contributed by atoms with van der Waals surface area (Å²) in [5.74, 6) is 0.729. The van der Waals surface area contributed by atoms with Gasteiger partial charge in [-0.05, 0) is 24.3 Å². The molecule has 1 heterocycles. The summed E-state index contributed by atoms with van der Waals surface area (Å²) in [6, 6.07) is 9.44. The van der Waals surface area contributed by atoms with Crippen LogP contribution in [-0.2, 0) is 14.4 Å². The van der Waals surface area contributed by atoms with E-state index >= 15 is 0 Å². The summed E-state index contributed by atoms with van der Waals surface area (Å²) < 4.78 is 0. The zero-order chi connectivity index (χ0) is 21.3. The van der Waals surface area contributed by atoms with Crippen LogP contribution in [0.25, 0.3) is 0 Å². The fourth-order valence-corrected chi connectivity index (χ4v) is 4.77. The molecule has 2 aliphatic rings. The second kappa shape index (κ2) is 11.1. The molecule has 1 saturated carbocycles. The molecule has 30 heavy (non-hydrogen) atoms. The summed E-state index contributed by atoms with van der Waals surface area (Å²) in [6.45, 7) is 3.69. The predicted molar refractivity (Wildman–Crippen MR) is 117 cm³/mol. The molecule has 1 aromatic carbocycles. The number of rotatable bonds is 4. The van der Waals surface area contributed by atoms with E-state index in [9.17, 15) is 14.4 Å². The molecule has 1 aliphatic heterocycles. The van der Waals surface area contributed by atoms with E-state index in [4.69, 9.17) is 0 Å². The first-order valence-corrected chi connectivity index (χ1v) is 11.4. The lowest BCUT2D eigenvalue weighted by Gasteiger charge is -2.31. The average molecular weight is 414 g/mol. The highest BCUT2D eigenvalue weighted by molar-refractivity contribution is 5.79. The monoisotopic (exact) mass is 413 g/mol. The van der Waals surface area contributed by atoms with Crippen molar-refractivity contribution in [2.24, 2.45) is 5.92 Å². The zero-order valence-electron chi connectivity index (χ0n) is 18.1. The molecule has 3 amide bonds. The molecule has 6 heteroatoms. The van der Waals surface area contributed by atoms with Crippen molar-refractivity contribution in [3.05, 3.63) is 35.9 Å². The highest BCUT2D eigenvalue weighted by Gasteiger charge is 2.27. The molecule has 0 spiro atoms. The fraction of sp³-hybridized carbons (Fsp3) is 0.625. The minimum absolute atomic E-state index is 0.0463. The van der Waals surface area contributed by atoms with Crippen LogP contribution in [-0.4, -0.2) is 53.7 Å². The van der Waals surface area contributed by atoms with Crippen molar-refractivity contribution < 1.29 is 14.4 Å². The van der Waals surface area contributed by atoms with E-state index in [1.807, 2.05) is 35.2 Å². The molecule has 0 radical (unpaired) electrons. The Labute approximate surface area is 180 Å². The van der Waals surface area contributed by atoms with E-state index in [0.717, 1.165) is 12.0 Å². The number of hydrogen-bond donors (Lipinski definition) is 1. The van der Waals surface area contributed by atoms with Gasteiger partial charge in [0.2, 0.25) is 17.7 Å². The molecule has 164 valence electrons. The Kier molecular flexibility index (Phi) is 8.29. The number of hydrogen-bond acceptors (Lipinski definition) is 3. The van der Waals surface area contributed by atoms with Crippen molar-refractivity contribution >= 4 is 17.7 Å². The molecule has 1 aromatic rings. The van der Waals surface area contributed by atoms with Crippen LogP contribution in [0.5, 0.6) is 0 Å². The smallest absolute Gasteiger partial charge is 0.222 e. The second-order valence-electron chi connectivity index (χ2n) is 8.62. The second-order valence-corrected chi connectivity index (χ2v) is 8.62. The van der Waals surface area contributed by atoms with Crippen molar-refractivity contribution in [3.8, 4) is 0 Å². The Hall–Kier alpha value is -2.37. The van der Waals surface area contributed by atoms with E-state index in [0.29, 0.717) is 44.9 Å². The predicted octanol–water partition coefficient (Wildman–Crippen LogP) is 3.29. The average Bonchev–Trinajstić information content (AvgIpc) is 3.25. The summed E-state index contributed by atoms with van der Waals surface area (Å²) in [6.07, 6.45) is 7.58. The lowest BCUT2D eigenvalue weighted by atomic mass is 10.0. The Bertz CT molecular complexity index is 716. The van der Waals surface area contributed by atoms with Gasteiger partial charge < -0.3 is 15.1 Å². The summed E-state index contributed by atoms with van der Waals surface area (Å²) in [7, 11) is 0. The van der Waals surface area contributed by atoms with Gasteiger partial charge >= 0.3 is 0 Å². The molecule has 0 aromatic heterocycles. The number of nitrogens with one attached hydrogen (secondary N) is 1. The minimum Gasteiger partial charge on any atom is -0.354 e. The van der Waals surface area contributed by atoms with Crippen LogP contribution in [0.3, 0.4) is 0 Å². The molecule has 6 nitrogen and oxygen atoms in total. The van der Waals surface area contributed by atoms with Gasteiger partial charge in [-0.2, -0.15) is 0 Å². The van der Waals surface area contributed by atoms with Crippen molar-refractivity contribution in [1.29, 1.82) is 0 Å². The molecule has 3 rings (SSSR count). The molecule has 2 fully saturated rings. The molecular formula is C24H35N3O3. The lowest BCUT2D eigenvalue weighted by Crippen LogP contribution is -2.39. The van der Waals surface area contributed by atoms with Crippen molar-refractivity contribution in [2.75, 3.05) is 26.2 Å². The van der Waals surface area contributed by atoms with E-state index in [2.05, 4.69) is 5.32 Å². The Morgan fingerprint density at radius 3 is 2.47 bits per heavy atom. The Morgan fingerprint density at radius 1 is 1.03 bits per heavy atom. The first kappa shape index (κ1) is 22.3. The van der Waals surface area contributed by atoms with Gasteiger partial charge in [0.05, 0.1) is 12.5 Å². The third-order valence-electron chi connectivity index (χ3n) is 6.47. The topological polar surface area (TPSA) is 69.7 Å². The number of carbonyl (C=O) groups is 3. The summed E-state index contributed by atoms with van der Waals surface area (Å²) in [5.41, 5.74) is 0.964. The van der Waals surface area contributed by atoms with Gasteiger partial charge in [0.1, 0.15) is 0 Å². The molecule has 1 saturated heterocycles.